The van der Waals surface area contributed by atoms with Crippen LogP contribution in [0.15, 0.2) is 24.4 Å². The van der Waals surface area contributed by atoms with Crippen LogP contribution >= 0.6 is 0 Å². The summed E-state index contributed by atoms with van der Waals surface area (Å²) in [6.07, 6.45) is 0.781. The first-order valence-corrected chi connectivity index (χ1v) is 11.9. The third-order valence-electron chi connectivity index (χ3n) is 6.86. The van der Waals surface area contributed by atoms with Crippen LogP contribution in [0, 0.1) is 0 Å². The predicted molar refractivity (Wildman–Crippen MR) is 130 cm³/mol. The van der Waals surface area contributed by atoms with Gasteiger partial charge in [-0.05, 0) is 30.5 Å². The minimum absolute atomic E-state index is 0.0863. The number of alkyl halides is 3. The fourth-order valence-electron chi connectivity index (χ4n) is 4.93. The van der Waals surface area contributed by atoms with E-state index in [0.29, 0.717) is 17.9 Å². The van der Waals surface area contributed by atoms with Gasteiger partial charge >= 0.3 is 6.18 Å². The Balaban J connectivity index is 1.30. The molecule has 0 radical (unpaired) electrons. The molecule has 10 nitrogen and oxygen atoms in total. The van der Waals surface area contributed by atoms with Crippen LogP contribution in [-0.4, -0.2) is 81.9 Å². The molecule has 196 valence electrons. The number of allylic oxidation sites excluding steroid dienone is 1. The first kappa shape index (κ1) is 24.9. The van der Waals surface area contributed by atoms with Crippen molar-refractivity contribution in [2.24, 2.45) is 7.05 Å². The molecule has 13 heteroatoms. The number of nitrogens with zero attached hydrogens (tertiary/aromatic N) is 7. The Labute approximate surface area is 211 Å². The molecule has 1 atom stereocenters. The van der Waals surface area contributed by atoms with Crippen molar-refractivity contribution in [3.05, 3.63) is 41.6 Å². The van der Waals surface area contributed by atoms with Gasteiger partial charge in [0, 0.05) is 46.3 Å². The SMILES string of the molecule is CNC(=O)c1ccc(N2CCN(C3C=C(c4nc(OC)c5c(C(F)(F)F)nn(C)c5n4)CC3)CC2)cn1. The van der Waals surface area contributed by atoms with Gasteiger partial charge in [0.15, 0.2) is 17.2 Å². The van der Waals surface area contributed by atoms with Gasteiger partial charge in [-0.25, -0.2) is 14.6 Å². The molecule has 0 saturated carbocycles. The molecule has 5 rings (SSSR count). The highest BCUT2D eigenvalue weighted by Crippen LogP contribution is 2.38. The van der Waals surface area contributed by atoms with Crippen molar-refractivity contribution in [1.29, 1.82) is 0 Å². The molecule has 1 fully saturated rings. The number of methoxy groups -OCH3 is 1. The maximum absolute atomic E-state index is 13.5. The lowest BCUT2D eigenvalue weighted by atomic mass is 10.2. The number of piperazine rings is 1. The molecule has 1 saturated heterocycles. The van der Waals surface area contributed by atoms with E-state index in [-0.39, 0.29) is 28.9 Å². The summed E-state index contributed by atoms with van der Waals surface area (Å²) in [6.45, 7) is 3.30. The van der Waals surface area contributed by atoms with Gasteiger partial charge < -0.3 is 15.0 Å². The van der Waals surface area contributed by atoms with Crippen molar-refractivity contribution in [1.82, 2.24) is 34.9 Å². The summed E-state index contributed by atoms with van der Waals surface area (Å²) in [5.74, 6) is 0.0176. The van der Waals surface area contributed by atoms with Gasteiger partial charge in [0.1, 0.15) is 11.1 Å². The molecule has 0 spiro atoms. The molecular formula is C24H27F3N8O2. The van der Waals surface area contributed by atoms with E-state index in [1.54, 1.807) is 19.3 Å². The number of nitrogens with one attached hydrogen (secondary N) is 1. The number of hydrogen-bond acceptors (Lipinski definition) is 8. The van der Waals surface area contributed by atoms with E-state index >= 15 is 0 Å². The lowest BCUT2D eigenvalue weighted by Crippen LogP contribution is -2.49. The molecule has 4 heterocycles. The van der Waals surface area contributed by atoms with E-state index in [2.05, 4.69) is 41.2 Å². The fourth-order valence-corrected chi connectivity index (χ4v) is 4.93. The summed E-state index contributed by atoms with van der Waals surface area (Å²) in [5, 5.41) is 5.96. The van der Waals surface area contributed by atoms with Gasteiger partial charge in [0.05, 0.1) is 19.0 Å². The van der Waals surface area contributed by atoms with Gasteiger partial charge in [-0.2, -0.15) is 23.3 Å². The largest absolute Gasteiger partial charge is 0.480 e. The first-order valence-electron chi connectivity index (χ1n) is 11.9. The zero-order valence-corrected chi connectivity index (χ0v) is 20.7. The third kappa shape index (κ3) is 4.70. The number of aromatic nitrogens is 5. The predicted octanol–water partition coefficient (Wildman–Crippen LogP) is 2.51. The summed E-state index contributed by atoms with van der Waals surface area (Å²) >= 11 is 0. The van der Waals surface area contributed by atoms with Crippen LogP contribution in [0.1, 0.15) is 34.8 Å². The number of halogens is 3. The fraction of sp³-hybridized carbons (Fsp3) is 0.458. The van der Waals surface area contributed by atoms with Gasteiger partial charge in [0.2, 0.25) is 5.88 Å². The summed E-state index contributed by atoms with van der Waals surface area (Å²) < 4.78 is 46.8. The first-order chi connectivity index (χ1) is 17.7. The molecule has 1 aliphatic carbocycles. The van der Waals surface area contributed by atoms with Crippen molar-refractivity contribution in [2.45, 2.75) is 25.1 Å². The number of amides is 1. The summed E-state index contributed by atoms with van der Waals surface area (Å²) in [4.78, 5) is 29.4. The molecule has 3 aromatic heterocycles. The number of aryl methyl sites for hydroxylation is 1. The zero-order valence-electron chi connectivity index (χ0n) is 20.7. The Kier molecular flexibility index (Phi) is 6.48. The number of pyridine rings is 1. The smallest absolute Gasteiger partial charge is 0.436 e. The van der Waals surface area contributed by atoms with Gasteiger partial charge in [-0.15, -0.1) is 0 Å². The molecule has 0 bridgehead atoms. The summed E-state index contributed by atoms with van der Waals surface area (Å²) in [6, 6.07) is 3.82. The lowest BCUT2D eigenvalue weighted by molar-refractivity contribution is -0.140. The molecular weight excluding hydrogens is 489 g/mol. The topological polar surface area (TPSA) is 101 Å². The zero-order chi connectivity index (χ0) is 26.3. The molecule has 37 heavy (non-hydrogen) atoms. The van der Waals surface area contributed by atoms with Crippen LogP contribution in [0.4, 0.5) is 18.9 Å². The maximum atomic E-state index is 13.5. The highest BCUT2D eigenvalue weighted by Gasteiger charge is 2.39. The van der Waals surface area contributed by atoms with Gasteiger partial charge in [-0.3, -0.25) is 9.69 Å². The molecule has 1 aliphatic heterocycles. The maximum Gasteiger partial charge on any atom is 0.436 e. The van der Waals surface area contributed by atoms with E-state index in [0.717, 1.165) is 48.5 Å². The van der Waals surface area contributed by atoms with Crippen LogP contribution < -0.4 is 15.0 Å². The normalized spacial score (nSPS) is 18.8. The summed E-state index contributed by atoms with van der Waals surface area (Å²) in [7, 11) is 4.30. The van der Waals surface area contributed by atoms with Crippen LogP contribution in [0.5, 0.6) is 5.88 Å². The van der Waals surface area contributed by atoms with Gasteiger partial charge in [-0.1, -0.05) is 6.08 Å². The summed E-state index contributed by atoms with van der Waals surface area (Å²) in [5.41, 5.74) is 1.27. The monoisotopic (exact) mass is 516 g/mol. The average Bonchev–Trinajstić information content (AvgIpc) is 3.53. The standard InChI is InChI=1S/C24H27F3N8O2/c1-28-22(36)17-7-6-16(13-29-17)35-10-8-34(9-11-35)15-5-4-14(12-15)20-30-21-18(23(31-20)37-3)19(24(25,26)27)32-33(21)2/h6-7,12-13,15H,4-5,8-11H2,1-3H3,(H,28,36). The number of rotatable bonds is 5. The van der Waals surface area contributed by atoms with Gasteiger partial charge in [0.25, 0.3) is 5.91 Å². The molecule has 1 N–H and O–H groups in total. The molecule has 1 unspecified atom stereocenters. The van der Waals surface area contributed by atoms with Crippen molar-refractivity contribution in [2.75, 3.05) is 45.2 Å². The van der Waals surface area contributed by atoms with Crippen LogP contribution in [0.3, 0.4) is 0 Å². The second kappa shape index (κ2) is 9.61. The Morgan fingerprint density at radius 3 is 2.54 bits per heavy atom. The van der Waals surface area contributed by atoms with E-state index < -0.39 is 11.9 Å². The van der Waals surface area contributed by atoms with E-state index in [9.17, 15) is 18.0 Å². The van der Waals surface area contributed by atoms with Crippen molar-refractivity contribution >= 4 is 28.2 Å². The minimum atomic E-state index is -4.64. The number of carbonyl (C=O) groups excluding carboxylic acids is 1. The molecule has 3 aromatic rings. The molecule has 2 aliphatic rings. The Hall–Kier alpha value is -3.74. The van der Waals surface area contributed by atoms with Crippen LogP contribution in [-0.2, 0) is 13.2 Å². The highest BCUT2D eigenvalue weighted by molar-refractivity contribution is 5.92. The molecule has 0 aromatic carbocycles. The van der Waals surface area contributed by atoms with Crippen LogP contribution in [0.2, 0.25) is 0 Å². The second-order valence-electron chi connectivity index (χ2n) is 9.03. The minimum Gasteiger partial charge on any atom is -0.480 e. The number of ether oxygens (including phenoxy) is 1. The third-order valence-corrected chi connectivity index (χ3v) is 6.86. The van der Waals surface area contributed by atoms with E-state index in [1.807, 2.05) is 6.07 Å². The lowest BCUT2D eigenvalue weighted by Gasteiger charge is -2.38. The second-order valence-corrected chi connectivity index (χ2v) is 9.03. The number of hydrogen-bond donors (Lipinski definition) is 1. The highest BCUT2D eigenvalue weighted by atomic mass is 19.4. The Morgan fingerprint density at radius 2 is 1.92 bits per heavy atom. The number of fused-ring (bicyclic) bond motifs is 1. The number of carbonyl (C=O) groups is 1. The van der Waals surface area contributed by atoms with Crippen molar-refractivity contribution in [3.8, 4) is 5.88 Å². The quantitative estimate of drug-likeness (QED) is 0.552. The Bertz CT molecular complexity index is 1340. The van der Waals surface area contributed by atoms with Crippen molar-refractivity contribution in [3.63, 3.8) is 0 Å². The van der Waals surface area contributed by atoms with Crippen molar-refractivity contribution < 1.29 is 22.7 Å². The Morgan fingerprint density at radius 1 is 1.16 bits per heavy atom. The average molecular weight is 517 g/mol. The van der Waals surface area contributed by atoms with E-state index in [1.165, 1.54) is 14.2 Å². The number of anilines is 1. The van der Waals surface area contributed by atoms with Crippen LogP contribution in [0.25, 0.3) is 16.6 Å². The molecule has 1 amide bonds. The van der Waals surface area contributed by atoms with E-state index in [4.69, 9.17) is 4.74 Å².